The van der Waals surface area contributed by atoms with Crippen LogP contribution in [0.25, 0.3) is 0 Å². The highest BCUT2D eigenvalue weighted by Gasteiger charge is 2.19. The molecule has 1 aliphatic heterocycles. The highest BCUT2D eigenvalue weighted by atomic mass is 16.1. The van der Waals surface area contributed by atoms with Crippen LogP contribution in [-0.2, 0) is 4.79 Å². The van der Waals surface area contributed by atoms with Crippen molar-refractivity contribution in [3.63, 3.8) is 0 Å². The molecular formula is C18H24N2O. The van der Waals surface area contributed by atoms with Gasteiger partial charge < -0.3 is 10.2 Å². The lowest BCUT2D eigenvalue weighted by molar-refractivity contribution is -0.120. The van der Waals surface area contributed by atoms with E-state index >= 15 is 0 Å². The topological polar surface area (TPSA) is 32.3 Å². The minimum Gasteiger partial charge on any atom is -0.372 e. The number of nitrogens with zero attached hydrogens (tertiary/aromatic N) is 1. The first kappa shape index (κ1) is 14.2. The monoisotopic (exact) mass is 284 g/mol. The molecule has 1 unspecified atom stereocenters. The second-order valence-corrected chi connectivity index (χ2v) is 6.16. The van der Waals surface area contributed by atoms with Crippen LogP contribution in [0.1, 0.15) is 37.7 Å². The van der Waals surface area contributed by atoms with Gasteiger partial charge in [-0.2, -0.15) is 0 Å². The lowest BCUT2D eigenvalue weighted by atomic mass is 9.93. The number of amides is 1. The molecule has 1 aliphatic carbocycles. The third-order valence-corrected chi connectivity index (χ3v) is 4.58. The van der Waals surface area contributed by atoms with Gasteiger partial charge in [-0.15, -0.1) is 0 Å². The summed E-state index contributed by atoms with van der Waals surface area (Å²) in [6, 6.07) is 6.38. The molecule has 1 amide bonds. The summed E-state index contributed by atoms with van der Waals surface area (Å²) in [5.41, 5.74) is 3.39. The first-order valence-electron chi connectivity index (χ1n) is 8.05. The molecule has 2 aliphatic rings. The number of carbonyl (C=O) groups excluding carboxylic acids is 1. The third-order valence-electron chi connectivity index (χ3n) is 4.58. The summed E-state index contributed by atoms with van der Waals surface area (Å²) in [7, 11) is 0. The number of rotatable bonds is 3. The molecular weight excluding hydrogens is 260 g/mol. The average molecular weight is 284 g/mol. The Kier molecular flexibility index (Phi) is 4.28. The SMILES string of the molecule is Cc1cc(N2CCCC2)ccc1NC(=O)C1CC=CCC1. The van der Waals surface area contributed by atoms with E-state index in [9.17, 15) is 4.79 Å². The summed E-state index contributed by atoms with van der Waals surface area (Å²) >= 11 is 0. The molecule has 1 atom stereocenters. The van der Waals surface area contributed by atoms with Gasteiger partial charge in [0.25, 0.3) is 0 Å². The number of benzene rings is 1. The lowest BCUT2D eigenvalue weighted by Crippen LogP contribution is -2.24. The van der Waals surface area contributed by atoms with Crippen LogP contribution in [0.3, 0.4) is 0 Å². The van der Waals surface area contributed by atoms with Crippen molar-refractivity contribution in [1.29, 1.82) is 0 Å². The quantitative estimate of drug-likeness (QED) is 0.854. The van der Waals surface area contributed by atoms with Gasteiger partial charge in [-0.25, -0.2) is 0 Å². The second kappa shape index (κ2) is 6.33. The smallest absolute Gasteiger partial charge is 0.227 e. The molecule has 1 heterocycles. The Morgan fingerprint density at radius 2 is 2.05 bits per heavy atom. The maximum Gasteiger partial charge on any atom is 0.227 e. The Balaban J connectivity index is 1.67. The van der Waals surface area contributed by atoms with E-state index in [1.54, 1.807) is 0 Å². The van der Waals surface area contributed by atoms with Crippen LogP contribution in [0.2, 0.25) is 0 Å². The van der Waals surface area contributed by atoms with Crippen molar-refractivity contribution in [3.8, 4) is 0 Å². The zero-order chi connectivity index (χ0) is 14.7. The van der Waals surface area contributed by atoms with Gasteiger partial charge >= 0.3 is 0 Å². The van der Waals surface area contributed by atoms with Crippen LogP contribution in [0, 0.1) is 12.8 Å². The Labute approximate surface area is 127 Å². The lowest BCUT2D eigenvalue weighted by Gasteiger charge is -2.21. The highest BCUT2D eigenvalue weighted by molar-refractivity contribution is 5.93. The normalized spacial score (nSPS) is 21.6. The van der Waals surface area contributed by atoms with Gasteiger partial charge in [0.15, 0.2) is 0 Å². The van der Waals surface area contributed by atoms with Crippen molar-refractivity contribution in [3.05, 3.63) is 35.9 Å². The fourth-order valence-corrected chi connectivity index (χ4v) is 3.23. The van der Waals surface area contributed by atoms with Gasteiger partial charge in [0.2, 0.25) is 5.91 Å². The largest absolute Gasteiger partial charge is 0.372 e. The van der Waals surface area contributed by atoms with E-state index in [-0.39, 0.29) is 11.8 Å². The van der Waals surface area contributed by atoms with E-state index < -0.39 is 0 Å². The summed E-state index contributed by atoms with van der Waals surface area (Å²) in [4.78, 5) is 14.7. The molecule has 1 aromatic carbocycles. The highest BCUT2D eigenvalue weighted by Crippen LogP contribution is 2.27. The minimum absolute atomic E-state index is 0.132. The molecule has 0 saturated carbocycles. The van der Waals surface area contributed by atoms with Crippen LogP contribution in [0.15, 0.2) is 30.4 Å². The van der Waals surface area contributed by atoms with E-state index in [2.05, 4.69) is 47.5 Å². The minimum atomic E-state index is 0.132. The average Bonchev–Trinajstić information content (AvgIpc) is 3.04. The number of hydrogen-bond acceptors (Lipinski definition) is 2. The standard InChI is InChI=1S/C18H24N2O/c1-14-13-16(20-11-5-6-12-20)9-10-17(14)19-18(21)15-7-3-2-4-8-15/h2-3,9-10,13,15H,4-8,11-12H2,1H3,(H,19,21). The van der Waals surface area contributed by atoms with Crippen LogP contribution >= 0.6 is 0 Å². The predicted molar refractivity (Wildman–Crippen MR) is 87.7 cm³/mol. The molecule has 1 N–H and O–H groups in total. The van der Waals surface area contributed by atoms with Crippen molar-refractivity contribution < 1.29 is 4.79 Å². The first-order valence-corrected chi connectivity index (χ1v) is 8.05. The van der Waals surface area contributed by atoms with Crippen LogP contribution in [-0.4, -0.2) is 19.0 Å². The van der Waals surface area contributed by atoms with E-state index in [1.807, 2.05) is 0 Å². The molecule has 0 aromatic heterocycles. The molecule has 3 nitrogen and oxygen atoms in total. The number of anilines is 2. The van der Waals surface area contributed by atoms with Crippen LogP contribution in [0.5, 0.6) is 0 Å². The Morgan fingerprint density at radius 1 is 1.24 bits per heavy atom. The summed E-state index contributed by atoms with van der Waals surface area (Å²) in [6.07, 6.45) is 9.71. The summed E-state index contributed by atoms with van der Waals surface area (Å²) in [5, 5.41) is 3.11. The van der Waals surface area contributed by atoms with Gasteiger partial charge in [-0.3, -0.25) is 4.79 Å². The van der Waals surface area contributed by atoms with E-state index in [0.717, 1.165) is 43.6 Å². The molecule has 21 heavy (non-hydrogen) atoms. The van der Waals surface area contributed by atoms with E-state index in [0.29, 0.717) is 0 Å². The van der Waals surface area contributed by atoms with E-state index in [4.69, 9.17) is 0 Å². The fourth-order valence-electron chi connectivity index (χ4n) is 3.23. The van der Waals surface area contributed by atoms with Crippen molar-refractivity contribution in [2.75, 3.05) is 23.3 Å². The molecule has 0 spiro atoms. The number of allylic oxidation sites excluding steroid dienone is 2. The molecule has 112 valence electrons. The molecule has 3 heteroatoms. The Hall–Kier alpha value is -1.77. The van der Waals surface area contributed by atoms with Crippen LogP contribution < -0.4 is 10.2 Å². The van der Waals surface area contributed by atoms with Crippen molar-refractivity contribution in [2.24, 2.45) is 5.92 Å². The van der Waals surface area contributed by atoms with E-state index in [1.165, 1.54) is 18.5 Å². The van der Waals surface area contributed by atoms with Gasteiger partial charge in [-0.05, 0) is 62.8 Å². The molecule has 3 rings (SSSR count). The van der Waals surface area contributed by atoms with Crippen molar-refractivity contribution in [2.45, 2.75) is 39.0 Å². The van der Waals surface area contributed by atoms with Gasteiger partial charge in [0.05, 0.1) is 0 Å². The zero-order valence-electron chi connectivity index (χ0n) is 12.8. The fraction of sp³-hybridized carbons (Fsp3) is 0.500. The predicted octanol–water partition coefficient (Wildman–Crippen LogP) is 3.89. The van der Waals surface area contributed by atoms with Crippen molar-refractivity contribution in [1.82, 2.24) is 0 Å². The molecule has 0 bridgehead atoms. The summed E-state index contributed by atoms with van der Waals surface area (Å²) in [5.74, 6) is 0.295. The number of hydrogen-bond donors (Lipinski definition) is 1. The first-order chi connectivity index (χ1) is 10.2. The summed E-state index contributed by atoms with van der Waals surface area (Å²) < 4.78 is 0. The molecule has 1 saturated heterocycles. The maximum absolute atomic E-state index is 12.3. The van der Waals surface area contributed by atoms with Gasteiger partial charge in [0.1, 0.15) is 0 Å². The number of nitrogens with one attached hydrogen (secondary N) is 1. The Bertz CT molecular complexity index is 544. The van der Waals surface area contributed by atoms with Crippen LogP contribution in [0.4, 0.5) is 11.4 Å². The maximum atomic E-state index is 12.3. The van der Waals surface area contributed by atoms with Gasteiger partial charge in [0, 0.05) is 30.4 Å². The Morgan fingerprint density at radius 3 is 2.71 bits per heavy atom. The zero-order valence-corrected chi connectivity index (χ0v) is 12.8. The third kappa shape index (κ3) is 3.29. The van der Waals surface area contributed by atoms with Gasteiger partial charge in [-0.1, -0.05) is 12.2 Å². The number of carbonyl (C=O) groups is 1. The number of aryl methyl sites for hydroxylation is 1. The molecule has 1 fully saturated rings. The summed E-state index contributed by atoms with van der Waals surface area (Å²) in [6.45, 7) is 4.38. The molecule has 0 radical (unpaired) electrons. The second-order valence-electron chi connectivity index (χ2n) is 6.16. The molecule has 1 aromatic rings. The van der Waals surface area contributed by atoms with Crippen molar-refractivity contribution >= 4 is 17.3 Å².